The number of rotatable bonds is 13. The van der Waals surface area contributed by atoms with Gasteiger partial charge in [-0.15, -0.1) is 0 Å². The van der Waals surface area contributed by atoms with E-state index in [-0.39, 0.29) is 36.3 Å². The van der Waals surface area contributed by atoms with Crippen molar-refractivity contribution < 1.29 is 28.7 Å². The van der Waals surface area contributed by atoms with E-state index in [4.69, 9.17) is 4.74 Å². The van der Waals surface area contributed by atoms with Gasteiger partial charge in [0, 0.05) is 24.4 Å². The summed E-state index contributed by atoms with van der Waals surface area (Å²) in [5, 5.41) is 10.8. The molecule has 5 atom stereocenters. The van der Waals surface area contributed by atoms with Crippen molar-refractivity contribution in [3.05, 3.63) is 35.9 Å². The molecule has 1 aliphatic heterocycles. The Kier molecular flexibility index (Phi) is 10.2. The third kappa shape index (κ3) is 8.53. The van der Waals surface area contributed by atoms with Crippen molar-refractivity contribution in [3.8, 4) is 0 Å². The summed E-state index contributed by atoms with van der Waals surface area (Å²) in [5.74, 6) is -2.53. The van der Waals surface area contributed by atoms with Crippen LogP contribution in [0.3, 0.4) is 0 Å². The Morgan fingerprint density at radius 3 is 2.38 bits per heavy atom. The smallest absolute Gasteiger partial charge is 0.408 e. The van der Waals surface area contributed by atoms with Crippen LogP contribution in [0.25, 0.3) is 0 Å². The number of ether oxygens (including phenoxy) is 1. The number of amides is 4. The zero-order valence-electron chi connectivity index (χ0n) is 23.4. The predicted molar refractivity (Wildman–Crippen MR) is 148 cm³/mol. The van der Waals surface area contributed by atoms with E-state index in [1.54, 1.807) is 0 Å². The van der Waals surface area contributed by atoms with Gasteiger partial charge in [-0.2, -0.15) is 0 Å². The molecule has 1 aromatic rings. The lowest BCUT2D eigenvalue weighted by atomic mass is 9.94. The topological polar surface area (TPSA) is 143 Å². The highest BCUT2D eigenvalue weighted by Crippen LogP contribution is 2.31. The fourth-order valence-electron chi connectivity index (χ4n) is 5.63. The Bertz CT molecular complexity index is 1070. The third-order valence-corrected chi connectivity index (χ3v) is 7.96. The molecule has 3 aliphatic rings. The molecule has 0 aromatic heterocycles. The first-order valence-electron chi connectivity index (χ1n) is 14.6. The van der Waals surface area contributed by atoms with Crippen LogP contribution in [0.4, 0.5) is 4.79 Å². The van der Waals surface area contributed by atoms with Crippen LogP contribution in [0.15, 0.2) is 30.3 Å². The molecule has 2 aliphatic carbocycles. The zero-order valence-corrected chi connectivity index (χ0v) is 23.4. The van der Waals surface area contributed by atoms with Gasteiger partial charge in [-0.25, -0.2) is 4.79 Å². The lowest BCUT2D eigenvalue weighted by Crippen LogP contribution is -2.55. The van der Waals surface area contributed by atoms with E-state index in [9.17, 15) is 24.0 Å². The van der Waals surface area contributed by atoms with Crippen LogP contribution in [0.1, 0.15) is 70.8 Å². The van der Waals surface area contributed by atoms with Crippen LogP contribution in [0.2, 0.25) is 0 Å². The largest absolute Gasteiger partial charge is 0.446 e. The Labute approximate surface area is 235 Å². The molecule has 0 radical (unpaired) electrons. The molecular weight excluding hydrogens is 512 g/mol. The van der Waals surface area contributed by atoms with E-state index in [1.807, 2.05) is 32.0 Å². The molecule has 2 unspecified atom stereocenters. The quantitative estimate of drug-likeness (QED) is 0.276. The lowest BCUT2D eigenvalue weighted by Gasteiger charge is -2.26. The monoisotopic (exact) mass is 554 g/mol. The fourth-order valence-corrected chi connectivity index (χ4v) is 5.63. The van der Waals surface area contributed by atoms with Crippen molar-refractivity contribution in [2.45, 2.75) is 95.9 Å². The summed E-state index contributed by atoms with van der Waals surface area (Å²) in [5.41, 5.74) is 1.19. The molecule has 10 heteroatoms. The van der Waals surface area contributed by atoms with Gasteiger partial charge in [0.15, 0.2) is 0 Å². The average Bonchev–Trinajstić information content (AvgIpc) is 3.49. The first kappa shape index (κ1) is 29.6. The number of alkyl carbamates (subject to hydrolysis) is 1. The van der Waals surface area contributed by atoms with Gasteiger partial charge in [0.1, 0.15) is 12.1 Å². The number of Topliss-reactive ketones (excluding diaryl/α,β-unsaturated/α-hetero) is 1. The molecule has 40 heavy (non-hydrogen) atoms. The normalized spacial score (nSPS) is 23.7. The van der Waals surface area contributed by atoms with Gasteiger partial charge in [0.2, 0.25) is 17.6 Å². The van der Waals surface area contributed by atoms with Crippen molar-refractivity contribution in [1.82, 2.24) is 21.3 Å². The predicted octanol–water partition coefficient (Wildman–Crippen LogP) is 2.40. The number of hydrogen-bond acceptors (Lipinski definition) is 6. The molecule has 10 nitrogen and oxygen atoms in total. The molecule has 4 rings (SSSR count). The minimum absolute atomic E-state index is 0.0194. The van der Waals surface area contributed by atoms with Crippen molar-refractivity contribution in [3.63, 3.8) is 0 Å². The maximum atomic E-state index is 13.4. The SMILES string of the molecule is CC(C)C[C@H](NC(=O)OC1CCCC1Cc1ccccc1)C(=O)N[C@H](C[C@@H]1CCNC1=O)C(=O)C(=O)NC1CC1. The van der Waals surface area contributed by atoms with Gasteiger partial charge in [-0.05, 0) is 69.3 Å². The summed E-state index contributed by atoms with van der Waals surface area (Å²) in [6, 6.07) is 7.95. The second kappa shape index (κ2) is 13.8. The maximum Gasteiger partial charge on any atom is 0.408 e. The third-order valence-electron chi connectivity index (χ3n) is 7.96. The molecule has 3 fully saturated rings. The van der Waals surface area contributed by atoms with Gasteiger partial charge < -0.3 is 26.0 Å². The maximum absolute atomic E-state index is 13.4. The summed E-state index contributed by atoms with van der Waals surface area (Å²) in [6.45, 7) is 4.34. The Hall–Kier alpha value is -3.43. The zero-order chi connectivity index (χ0) is 28.6. The fraction of sp³-hybridized carbons (Fsp3) is 0.633. The Morgan fingerprint density at radius 2 is 1.73 bits per heavy atom. The van der Waals surface area contributed by atoms with E-state index in [1.165, 1.54) is 5.56 Å². The summed E-state index contributed by atoms with van der Waals surface area (Å²) in [4.78, 5) is 64.2. The van der Waals surface area contributed by atoms with E-state index in [2.05, 4.69) is 33.4 Å². The van der Waals surface area contributed by atoms with Crippen LogP contribution in [0.5, 0.6) is 0 Å². The molecule has 1 aromatic carbocycles. The van der Waals surface area contributed by atoms with E-state index in [0.717, 1.165) is 38.5 Å². The first-order chi connectivity index (χ1) is 19.2. The molecule has 1 heterocycles. The van der Waals surface area contributed by atoms with Crippen LogP contribution in [-0.2, 0) is 30.3 Å². The lowest BCUT2D eigenvalue weighted by molar-refractivity contribution is -0.141. The van der Waals surface area contributed by atoms with E-state index in [0.29, 0.717) is 19.4 Å². The summed E-state index contributed by atoms with van der Waals surface area (Å²) < 4.78 is 5.81. The number of carbonyl (C=O) groups excluding carboxylic acids is 5. The summed E-state index contributed by atoms with van der Waals surface area (Å²) in [6.07, 6.45) is 5.09. The minimum atomic E-state index is -1.17. The molecule has 0 bridgehead atoms. The highest BCUT2D eigenvalue weighted by molar-refractivity contribution is 6.38. The molecule has 1 saturated heterocycles. The second-order valence-corrected chi connectivity index (χ2v) is 11.8. The highest BCUT2D eigenvalue weighted by atomic mass is 16.6. The van der Waals surface area contributed by atoms with Gasteiger partial charge in [-0.1, -0.05) is 44.2 Å². The summed E-state index contributed by atoms with van der Waals surface area (Å²) >= 11 is 0. The Morgan fingerprint density at radius 1 is 0.975 bits per heavy atom. The molecule has 4 amide bonds. The standard InChI is InChI=1S/C30H42N4O6/c1-18(2)15-24(34-30(39)40-25-10-6-9-20(25)16-19-7-4-3-5-8-19)28(37)33-23(17-21-13-14-31-27(21)36)26(35)29(38)32-22-11-12-22/h3-5,7-8,18,20-25H,6,9-17H2,1-2H3,(H,31,36)(H,32,38)(H,33,37)(H,34,39)/t20?,21-,23+,24-,25?/m0/s1. The number of ketones is 1. The van der Waals surface area contributed by atoms with E-state index < -0.39 is 41.7 Å². The highest BCUT2D eigenvalue weighted by Gasteiger charge is 2.38. The molecule has 0 spiro atoms. The Balaban J connectivity index is 1.39. The number of hydrogen-bond donors (Lipinski definition) is 4. The number of carbonyl (C=O) groups is 5. The van der Waals surface area contributed by atoms with Crippen LogP contribution < -0.4 is 21.3 Å². The van der Waals surface area contributed by atoms with Gasteiger partial charge >= 0.3 is 6.09 Å². The molecule has 218 valence electrons. The second-order valence-electron chi connectivity index (χ2n) is 11.8. The molecular formula is C30H42N4O6. The van der Waals surface area contributed by atoms with E-state index >= 15 is 0 Å². The number of nitrogens with one attached hydrogen (secondary N) is 4. The van der Waals surface area contributed by atoms with Crippen molar-refractivity contribution in [2.24, 2.45) is 17.8 Å². The first-order valence-corrected chi connectivity index (χ1v) is 14.6. The van der Waals surface area contributed by atoms with Crippen LogP contribution in [0, 0.1) is 17.8 Å². The van der Waals surface area contributed by atoms with Gasteiger partial charge in [-0.3, -0.25) is 19.2 Å². The van der Waals surface area contributed by atoms with Crippen molar-refractivity contribution in [2.75, 3.05) is 6.54 Å². The number of benzene rings is 1. The molecule has 4 N–H and O–H groups in total. The molecule has 2 saturated carbocycles. The average molecular weight is 555 g/mol. The van der Waals surface area contributed by atoms with Crippen LogP contribution in [-0.4, -0.2) is 60.4 Å². The van der Waals surface area contributed by atoms with Gasteiger partial charge in [0.25, 0.3) is 5.91 Å². The minimum Gasteiger partial charge on any atom is -0.446 e. The van der Waals surface area contributed by atoms with Crippen molar-refractivity contribution in [1.29, 1.82) is 0 Å². The van der Waals surface area contributed by atoms with Crippen molar-refractivity contribution >= 4 is 29.6 Å². The summed E-state index contributed by atoms with van der Waals surface area (Å²) in [7, 11) is 0. The van der Waals surface area contributed by atoms with Crippen LogP contribution >= 0.6 is 0 Å². The van der Waals surface area contributed by atoms with Gasteiger partial charge in [0.05, 0.1) is 6.04 Å².